The van der Waals surface area contributed by atoms with E-state index in [0.29, 0.717) is 12.1 Å². The Hall–Kier alpha value is -0.630. The average molecular weight is 264 g/mol. The Morgan fingerprint density at radius 1 is 1.47 bits per heavy atom. The normalized spacial score (nSPS) is 33.4. The van der Waals surface area contributed by atoms with Crippen molar-refractivity contribution >= 4 is 0 Å². The van der Waals surface area contributed by atoms with Crippen LogP contribution in [0.4, 0.5) is 0 Å². The largest absolute Gasteiger partial charge is 0.303 e. The van der Waals surface area contributed by atoms with Gasteiger partial charge in [-0.3, -0.25) is 9.80 Å². The highest BCUT2D eigenvalue weighted by Crippen LogP contribution is 2.27. The van der Waals surface area contributed by atoms with E-state index in [1.54, 1.807) is 0 Å². The smallest absolute Gasteiger partial charge is 0.105 e. The maximum atomic E-state index is 9.31. The molecule has 2 aliphatic rings. The summed E-state index contributed by atoms with van der Waals surface area (Å²) in [4.78, 5) is 5.26. The zero-order valence-electron chi connectivity index (χ0n) is 12.8. The van der Waals surface area contributed by atoms with Crippen molar-refractivity contribution in [2.24, 2.45) is 0 Å². The first-order valence-corrected chi connectivity index (χ1v) is 7.59. The van der Waals surface area contributed by atoms with E-state index in [4.69, 9.17) is 0 Å². The van der Waals surface area contributed by atoms with E-state index in [9.17, 15) is 5.26 Å². The van der Waals surface area contributed by atoms with Crippen LogP contribution in [0.2, 0.25) is 0 Å². The number of hydrogen-bond donors (Lipinski definition) is 1. The van der Waals surface area contributed by atoms with Gasteiger partial charge in [0.2, 0.25) is 0 Å². The predicted molar refractivity (Wildman–Crippen MR) is 77.9 cm³/mol. The van der Waals surface area contributed by atoms with Gasteiger partial charge in [-0.2, -0.15) is 5.26 Å². The van der Waals surface area contributed by atoms with E-state index in [2.05, 4.69) is 35.0 Å². The lowest BCUT2D eigenvalue weighted by molar-refractivity contribution is 0.0257. The van der Waals surface area contributed by atoms with Gasteiger partial charge in [0.05, 0.1) is 6.07 Å². The lowest BCUT2D eigenvalue weighted by atomic mass is 9.93. The van der Waals surface area contributed by atoms with Crippen molar-refractivity contribution in [1.82, 2.24) is 15.1 Å². The predicted octanol–water partition coefficient (Wildman–Crippen LogP) is 1.44. The minimum Gasteiger partial charge on any atom is -0.303 e. The molecule has 2 fully saturated rings. The van der Waals surface area contributed by atoms with Gasteiger partial charge in [-0.1, -0.05) is 0 Å². The van der Waals surface area contributed by atoms with Crippen molar-refractivity contribution in [2.75, 3.05) is 26.7 Å². The minimum absolute atomic E-state index is 0.411. The molecule has 0 bridgehead atoms. The summed E-state index contributed by atoms with van der Waals surface area (Å²) in [5.41, 5.74) is -0.411. The van der Waals surface area contributed by atoms with E-state index >= 15 is 0 Å². The van der Waals surface area contributed by atoms with E-state index in [1.807, 2.05) is 14.0 Å². The third kappa shape index (κ3) is 3.10. The number of nitriles is 1. The fourth-order valence-electron chi connectivity index (χ4n) is 3.74. The lowest BCUT2D eigenvalue weighted by Crippen LogP contribution is -2.59. The zero-order valence-corrected chi connectivity index (χ0v) is 12.8. The molecule has 1 N–H and O–H groups in total. The number of hydrogen-bond acceptors (Lipinski definition) is 4. The SMILES string of the molecule is CNC(C)(C#N)CC(C)N1CC2CCCN2CC1C. The minimum atomic E-state index is -0.411. The fraction of sp³-hybridized carbons (Fsp3) is 0.933. The summed E-state index contributed by atoms with van der Waals surface area (Å²) in [5, 5.41) is 12.5. The van der Waals surface area contributed by atoms with Crippen molar-refractivity contribution < 1.29 is 0 Å². The molecule has 2 heterocycles. The molecular weight excluding hydrogens is 236 g/mol. The Morgan fingerprint density at radius 3 is 2.84 bits per heavy atom. The highest BCUT2D eigenvalue weighted by molar-refractivity contribution is 5.05. The summed E-state index contributed by atoms with van der Waals surface area (Å²) >= 11 is 0. The summed E-state index contributed by atoms with van der Waals surface area (Å²) in [6, 6.07) is 4.22. The summed E-state index contributed by atoms with van der Waals surface area (Å²) < 4.78 is 0. The molecule has 0 aromatic carbocycles. The summed E-state index contributed by atoms with van der Waals surface area (Å²) in [5.74, 6) is 0. The summed E-state index contributed by atoms with van der Waals surface area (Å²) in [7, 11) is 1.88. The quantitative estimate of drug-likeness (QED) is 0.834. The van der Waals surface area contributed by atoms with Crippen LogP contribution in [0.25, 0.3) is 0 Å². The number of piperazine rings is 1. The zero-order chi connectivity index (χ0) is 14.0. The van der Waals surface area contributed by atoms with Crippen LogP contribution >= 0.6 is 0 Å². The molecule has 2 rings (SSSR count). The second-order valence-corrected chi connectivity index (χ2v) is 6.58. The van der Waals surface area contributed by atoms with Crippen LogP contribution in [0.15, 0.2) is 0 Å². The highest BCUT2D eigenvalue weighted by atomic mass is 15.3. The molecule has 19 heavy (non-hydrogen) atoms. The first-order valence-electron chi connectivity index (χ1n) is 7.59. The van der Waals surface area contributed by atoms with Gasteiger partial charge in [-0.15, -0.1) is 0 Å². The molecule has 0 aromatic heterocycles. The van der Waals surface area contributed by atoms with E-state index in [-0.39, 0.29) is 0 Å². The molecule has 0 aromatic rings. The second-order valence-electron chi connectivity index (χ2n) is 6.58. The Labute approximate surface area is 117 Å². The molecule has 0 spiro atoms. The van der Waals surface area contributed by atoms with Gasteiger partial charge in [0.15, 0.2) is 0 Å². The van der Waals surface area contributed by atoms with Crippen LogP contribution in [0.1, 0.15) is 40.0 Å². The third-order valence-electron chi connectivity index (χ3n) is 5.05. The van der Waals surface area contributed by atoms with Crippen molar-refractivity contribution in [1.29, 1.82) is 5.26 Å². The molecule has 4 unspecified atom stereocenters. The molecule has 0 aliphatic carbocycles. The number of rotatable bonds is 4. The summed E-state index contributed by atoms with van der Waals surface area (Å²) in [6.45, 7) is 10.2. The molecule has 2 saturated heterocycles. The number of fused-ring (bicyclic) bond motifs is 1. The van der Waals surface area contributed by atoms with Crippen LogP contribution in [0.5, 0.6) is 0 Å². The van der Waals surface area contributed by atoms with Crippen molar-refractivity contribution in [2.45, 2.75) is 63.7 Å². The average Bonchev–Trinajstić information content (AvgIpc) is 2.84. The monoisotopic (exact) mass is 264 g/mol. The topological polar surface area (TPSA) is 42.3 Å². The molecule has 0 saturated carbocycles. The van der Waals surface area contributed by atoms with Gasteiger partial charge in [-0.05, 0) is 53.6 Å². The summed E-state index contributed by atoms with van der Waals surface area (Å²) in [6.07, 6.45) is 3.58. The second kappa shape index (κ2) is 5.78. The molecule has 0 amide bonds. The van der Waals surface area contributed by atoms with Crippen molar-refractivity contribution in [3.05, 3.63) is 0 Å². The van der Waals surface area contributed by atoms with Gasteiger partial charge >= 0.3 is 0 Å². The molecule has 4 nitrogen and oxygen atoms in total. The van der Waals surface area contributed by atoms with E-state index < -0.39 is 5.54 Å². The molecule has 4 atom stereocenters. The number of nitrogens with one attached hydrogen (secondary N) is 1. The third-order valence-corrected chi connectivity index (χ3v) is 5.05. The van der Waals surface area contributed by atoms with E-state index in [0.717, 1.165) is 12.5 Å². The van der Waals surface area contributed by atoms with Gasteiger partial charge < -0.3 is 5.32 Å². The van der Waals surface area contributed by atoms with Crippen molar-refractivity contribution in [3.8, 4) is 6.07 Å². The first-order chi connectivity index (χ1) is 8.99. The van der Waals surface area contributed by atoms with Crippen LogP contribution in [-0.4, -0.2) is 60.1 Å². The van der Waals surface area contributed by atoms with E-state index in [1.165, 1.54) is 32.5 Å². The Morgan fingerprint density at radius 2 is 2.21 bits per heavy atom. The molecular formula is C15H28N4. The molecule has 2 aliphatic heterocycles. The molecule has 4 heteroatoms. The van der Waals surface area contributed by atoms with Gasteiger partial charge in [0.25, 0.3) is 0 Å². The number of nitrogens with zero attached hydrogens (tertiary/aromatic N) is 3. The Balaban J connectivity index is 1.98. The van der Waals surface area contributed by atoms with Gasteiger partial charge in [-0.25, -0.2) is 0 Å². The molecule has 0 radical (unpaired) electrons. The standard InChI is InChI=1S/C15H28N4/c1-12(8-15(3,11-16)17-4)19-10-14-6-5-7-18(14)9-13(19)2/h12-14,17H,5-10H2,1-4H3. The van der Waals surface area contributed by atoms with Gasteiger partial charge in [0, 0.05) is 31.2 Å². The molecule has 108 valence electrons. The highest BCUT2D eigenvalue weighted by Gasteiger charge is 2.37. The maximum Gasteiger partial charge on any atom is 0.105 e. The maximum absolute atomic E-state index is 9.31. The van der Waals surface area contributed by atoms with Crippen LogP contribution in [0, 0.1) is 11.3 Å². The van der Waals surface area contributed by atoms with Crippen LogP contribution in [0.3, 0.4) is 0 Å². The lowest BCUT2D eigenvalue weighted by Gasteiger charge is -2.46. The van der Waals surface area contributed by atoms with Gasteiger partial charge in [0.1, 0.15) is 5.54 Å². The Kier molecular flexibility index (Phi) is 4.50. The van der Waals surface area contributed by atoms with Crippen molar-refractivity contribution in [3.63, 3.8) is 0 Å². The fourth-order valence-corrected chi connectivity index (χ4v) is 3.74. The Bertz CT molecular complexity index is 351. The first kappa shape index (κ1) is 14.8. The van der Waals surface area contributed by atoms with Crippen LogP contribution < -0.4 is 5.32 Å². The van der Waals surface area contributed by atoms with Crippen LogP contribution in [-0.2, 0) is 0 Å².